The van der Waals surface area contributed by atoms with E-state index in [1.165, 1.54) is 0 Å². The molecule has 8 heteroatoms. The molecule has 0 aromatic carbocycles. The van der Waals surface area contributed by atoms with Crippen molar-refractivity contribution in [2.24, 2.45) is 0 Å². The van der Waals surface area contributed by atoms with E-state index in [0.29, 0.717) is 24.2 Å². The Balaban J connectivity index is 1.54. The summed E-state index contributed by atoms with van der Waals surface area (Å²) in [7, 11) is 0. The first kappa shape index (κ1) is 22.5. The van der Waals surface area contributed by atoms with Crippen LogP contribution in [0.4, 0.5) is 5.82 Å². The van der Waals surface area contributed by atoms with Gasteiger partial charge in [-0.15, -0.1) is 0 Å². The molecule has 2 aromatic heterocycles. The maximum absolute atomic E-state index is 12.3. The number of amides is 1. The van der Waals surface area contributed by atoms with E-state index in [-0.39, 0.29) is 35.7 Å². The molecule has 0 aliphatic carbocycles. The fraction of sp³-hybridized carbons (Fsp3) is 0.478. The van der Waals surface area contributed by atoms with Gasteiger partial charge in [-0.25, -0.2) is 4.98 Å². The molecule has 2 N–H and O–H groups in total. The van der Waals surface area contributed by atoms with Gasteiger partial charge in [-0.3, -0.25) is 9.59 Å². The summed E-state index contributed by atoms with van der Waals surface area (Å²) >= 11 is 0. The second kappa shape index (κ2) is 9.75. The van der Waals surface area contributed by atoms with E-state index in [4.69, 9.17) is 10.00 Å². The van der Waals surface area contributed by atoms with Crippen molar-refractivity contribution in [1.82, 2.24) is 15.3 Å². The molecule has 1 fully saturated rings. The minimum absolute atomic E-state index is 0.0941. The maximum Gasteiger partial charge on any atom is 0.266 e. The van der Waals surface area contributed by atoms with Crippen LogP contribution in [0.15, 0.2) is 23.1 Å². The second-order valence-electron chi connectivity index (χ2n) is 8.13. The Morgan fingerprint density at radius 3 is 2.65 bits per heavy atom. The third kappa shape index (κ3) is 5.50. The second-order valence-corrected chi connectivity index (χ2v) is 8.13. The Morgan fingerprint density at radius 2 is 2.03 bits per heavy atom. The van der Waals surface area contributed by atoms with Gasteiger partial charge < -0.3 is 19.9 Å². The highest BCUT2D eigenvalue weighted by Crippen LogP contribution is 2.18. The summed E-state index contributed by atoms with van der Waals surface area (Å²) in [5.74, 6) is 0.817. The van der Waals surface area contributed by atoms with Crippen LogP contribution in [0.3, 0.4) is 0 Å². The fourth-order valence-electron chi connectivity index (χ4n) is 4.02. The number of carbonyl (C=O) groups is 1. The Labute approximate surface area is 182 Å². The first-order valence-electron chi connectivity index (χ1n) is 10.5. The number of nitriles is 1. The molecule has 31 heavy (non-hydrogen) atoms. The molecule has 0 bridgehead atoms. The topological polar surface area (TPSA) is 111 Å². The standard InChI is InChI=1S/C23H29N5O3/c1-14-12-28(13-15(2)31-14)21-7-5-18(10-25-21)11-26-22(29)8-6-19-16(3)20(9-24)23(30)27-17(19)4/h5,7,10,14-15H,6,8,11-13H2,1-4H3,(H,26,29)(H,27,30). The lowest BCUT2D eigenvalue weighted by Crippen LogP contribution is -2.45. The molecule has 2 unspecified atom stereocenters. The number of aryl methyl sites for hydroxylation is 1. The van der Waals surface area contributed by atoms with Crippen molar-refractivity contribution in [2.75, 3.05) is 18.0 Å². The monoisotopic (exact) mass is 423 g/mol. The van der Waals surface area contributed by atoms with E-state index in [1.807, 2.05) is 18.2 Å². The summed E-state index contributed by atoms with van der Waals surface area (Å²) in [6, 6.07) is 5.89. The Kier molecular flexibility index (Phi) is 7.08. The van der Waals surface area contributed by atoms with Crippen LogP contribution in [0.2, 0.25) is 0 Å². The number of H-pyrrole nitrogens is 1. The van der Waals surface area contributed by atoms with Crippen molar-refractivity contribution in [3.63, 3.8) is 0 Å². The molecule has 8 nitrogen and oxygen atoms in total. The molecule has 1 amide bonds. The number of ether oxygens (including phenoxy) is 1. The minimum Gasteiger partial charge on any atom is -0.372 e. The van der Waals surface area contributed by atoms with Crippen molar-refractivity contribution < 1.29 is 9.53 Å². The largest absolute Gasteiger partial charge is 0.372 e. The quantitative estimate of drug-likeness (QED) is 0.736. The van der Waals surface area contributed by atoms with E-state index in [1.54, 1.807) is 20.0 Å². The molecule has 2 aromatic rings. The van der Waals surface area contributed by atoms with E-state index in [2.05, 4.69) is 34.0 Å². The summed E-state index contributed by atoms with van der Waals surface area (Å²) < 4.78 is 5.76. The normalized spacial score (nSPS) is 18.5. The number of nitrogens with one attached hydrogen (secondary N) is 2. The van der Waals surface area contributed by atoms with Gasteiger partial charge in [0.25, 0.3) is 5.56 Å². The van der Waals surface area contributed by atoms with E-state index < -0.39 is 0 Å². The van der Waals surface area contributed by atoms with Gasteiger partial charge >= 0.3 is 0 Å². The molecule has 1 aliphatic heterocycles. The molecule has 1 saturated heterocycles. The highest BCUT2D eigenvalue weighted by Gasteiger charge is 2.23. The van der Waals surface area contributed by atoms with Gasteiger partial charge in [0, 0.05) is 37.9 Å². The van der Waals surface area contributed by atoms with Crippen LogP contribution in [0.1, 0.15) is 48.2 Å². The van der Waals surface area contributed by atoms with Crippen LogP contribution < -0.4 is 15.8 Å². The molecule has 2 atom stereocenters. The Bertz CT molecular complexity index is 1030. The average Bonchev–Trinajstić information content (AvgIpc) is 2.72. The number of morpholine rings is 1. The third-order valence-corrected chi connectivity index (χ3v) is 5.56. The van der Waals surface area contributed by atoms with Crippen LogP contribution >= 0.6 is 0 Å². The number of hydrogen-bond acceptors (Lipinski definition) is 6. The highest BCUT2D eigenvalue weighted by atomic mass is 16.5. The molecule has 1 aliphatic rings. The minimum atomic E-state index is -0.386. The van der Waals surface area contributed by atoms with Crippen LogP contribution in [-0.2, 0) is 22.5 Å². The number of pyridine rings is 2. The lowest BCUT2D eigenvalue weighted by molar-refractivity contribution is -0.121. The lowest BCUT2D eigenvalue weighted by atomic mass is 9.99. The lowest BCUT2D eigenvalue weighted by Gasteiger charge is -2.36. The number of nitrogens with zero attached hydrogens (tertiary/aromatic N) is 3. The summed E-state index contributed by atoms with van der Waals surface area (Å²) in [5, 5.41) is 12.1. The summed E-state index contributed by atoms with van der Waals surface area (Å²) in [4.78, 5) is 33.6. The summed E-state index contributed by atoms with van der Waals surface area (Å²) in [5.41, 5.74) is 2.82. The molecule has 3 heterocycles. The Morgan fingerprint density at radius 1 is 1.32 bits per heavy atom. The Hall–Kier alpha value is -3.18. The van der Waals surface area contributed by atoms with Crippen LogP contribution in [0.25, 0.3) is 0 Å². The molecule has 0 radical (unpaired) electrons. The fourth-order valence-corrected chi connectivity index (χ4v) is 4.02. The van der Waals surface area contributed by atoms with Crippen LogP contribution in [0, 0.1) is 25.2 Å². The van der Waals surface area contributed by atoms with E-state index in [0.717, 1.165) is 30.0 Å². The zero-order valence-electron chi connectivity index (χ0n) is 18.5. The molecular weight excluding hydrogens is 394 g/mol. The number of rotatable bonds is 6. The first-order valence-corrected chi connectivity index (χ1v) is 10.5. The van der Waals surface area contributed by atoms with E-state index >= 15 is 0 Å². The van der Waals surface area contributed by atoms with Crippen molar-refractivity contribution in [1.29, 1.82) is 5.26 Å². The van der Waals surface area contributed by atoms with Gasteiger partial charge in [-0.1, -0.05) is 6.07 Å². The molecule has 3 rings (SSSR count). The molecule has 0 saturated carbocycles. The molecule has 0 spiro atoms. The predicted octanol–water partition coefficient (Wildman–Crippen LogP) is 2.12. The van der Waals surface area contributed by atoms with Crippen molar-refractivity contribution in [3.05, 3.63) is 56.6 Å². The number of aromatic nitrogens is 2. The van der Waals surface area contributed by atoms with Crippen LogP contribution in [0.5, 0.6) is 0 Å². The number of anilines is 1. The average molecular weight is 424 g/mol. The highest BCUT2D eigenvalue weighted by molar-refractivity contribution is 5.76. The molecular formula is C23H29N5O3. The van der Waals surface area contributed by atoms with E-state index in [9.17, 15) is 9.59 Å². The number of aromatic amines is 1. The zero-order valence-corrected chi connectivity index (χ0v) is 18.5. The SMILES string of the molecule is Cc1[nH]c(=O)c(C#N)c(C)c1CCC(=O)NCc1ccc(N2CC(C)OC(C)C2)nc1. The predicted molar refractivity (Wildman–Crippen MR) is 118 cm³/mol. The van der Waals surface area contributed by atoms with Gasteiger partial charge in [0.1, 0.15) is 17.5 Å². The van der Waals surface area contributed by atoms with Crippen LogP contribution in [-0.4, -0.2) is 41.2 Å². The first-order chi connectivity index (χ1) is 14.8. The third-order valence-electron chi connectivity index (χ3n) is 5.56. The van der Waals surface area contributed by atoms with Gasteiger partial charge in [0.2, 0.25) is 5.91 Å². The summed E-state index contributed by atoms with van der Waals surface area (Å²) in [6.45, 7) is 9.67. The maximum atomic E-state index is 12.3. The zero-order chi connectivity index (χ0) is 22.5. The van der Waals surface area contributed by atoms with Crippen molar-refractivity contribution in [3.8, 4) is 6.07 Å². The summed E-state index contributed by atoms with van der Waals surface area (Å²) in [6.07, 6.45) is 2.86. The molecule has 164 valence electrons. The van der Waals surface area contributed by atoms with Gasteiger partial charge in [-0.05, 0) is 56.9 Å². The van der Waals surface area contributed by atoms with Gasteiger partial charge in [0.15, 0.2) is 0 Å². The van der Waals surface area contributed by atoms with Gasteiger partial charge in [0.05, 0.1) is 12.2 Å². The van der Waals surface area contributed by atoms with Gasteiger partial charge in [-0.2, -0.15) is 5.26 Å². The smallest absolute Gasteiger partial charge is 0.266 e. The number of carbonyl (C=O) groups excluding carboxylic acids is 1. The van der Waals surface area contributed by atoms with Crippen molar-refractivity contribution in [2.45, 2.75) is 59.3 Å². The van der Waals surface area contributed by atoms with Crippen molar-refractivity contribution >= 4 is 11.7 Å². The number of hydrogen-bond donors (Lipinski definition) is 2.